The van der Waals surface area contributed by atoms with E-state index in [1.807, 2.05) is 13.8 Å². The van der Waals surface area contributed by atoms with Crippen LogP contribution >= 0.6 is 11.6 Å². The summed E-state index contributed by atoms with van der Waals surface area (Å²) in [6.07, 6.45) is 1.52. The lowest BCUT2D eigenvalue weighted by molar-refractivity contribution is -0.121. The van der Waals surface area contributed by atoms with E-state index < -0.39 is 0 Å². The molecule has 0 aliphatic carbocycles. The molecule has 2 N–H and O–H groups in total. The number of amides is 1. The first kappa shape index (κ1) is 16.0. The molecule has 0 radical (unpaired) electrons. The normalized spacial score (nSPS) is 11.6. The molecule has 0 atom stereocenters. The first-order valence-corrected chi connectivity index (χ1v) is 6.72. The first-order valence-electron chi connectivity index (χ1n) is 6.34. The third-order valence-corrected chi connectivity index (χ3v) is 3.39. The Morgan fingerprint density at radius 3 is 2.74 bits per heavy atom. The van der Waals surface area contributed by atoms with Crippen LogP contribution in [0.4, 0.5) is 0 Å². The van der Waals surface area contributed by atoms with E-state index in [0.29, 0.717) is 25.8 Å². The van der Waals surface area contributed by atoms with E-state index >= 15 is 0 Å². The molecule has 1 rings (SSSR count). The Kier molecular flexibility index (Phi) is 5.82. The van der Waals surface area contributed by atoms with Crippen LogP contribution in [-0.2, 0) is 11.2 Å². The van der Waals surface area contributed by atoms with Crippen molar-refractivity contribution >= 4 is 17.5 Å². The van der Waals surface area contributed by atoms with E-state index in [4.69, 9.17) is 21.2 Å². The summed E-state index contributed by atoms with van der Waals surface area (Å²) in [6, 6.07) is 0. The zero-order valence-electron chi connectivity index (χ0n) is 11.6. The summed E-state index contributed by atoms with van der Waals surface area (Å²) in [5, 5.41) is 15.8. The number of aliphatic hydroxyl groups excluding tert-OH is 1. The van der Waals surface area contributed by atoms with Gasteiger partial charge in [0.15, 0.2) is 0 Å². The Morgan fingerprint density at radius 1 is 1.53 bits per heavy atom. The predicted molar refractivity (Wildman–Crippen MR) is 73.1 cm³/mol. The summed E-state index contributed by atoms with van der Waals surface area (Å²) < 4.78 is 4.83. The van der Waals surface area contributed by atoms with Gasteiger partial charge < -0.3 is 14.9 Å². The van der Waals surface area contributed by atoms with Crippen LogP contribution in [0.2, 0.25) is 5.22 Å². The van der Waals surface area contributed by atoms with Crippen molar-refractivity contribution in [3.63, 3.8) is 0 Å². The molecule has 1 aromatic rings. The van der Waals surface area contributed by atoms with Gasteiger partial charge in [0.1, 0.15) is 0 Å². The fourth-order valence-electron chi connectivity index (χ4n) is 1.70. The third kappa shape index (κ3) is 5.20. The van der Waals surface area contributed by atoms with E-state index in [0.717, 1.165) is 11.3 Å². The van der Waals surface area contributed by atoms with E-state index in [1.165, 1.54) is 0 Å². The lowest BCUT2D eigenvalue weighted by Crippen LogP contribution is -2.34. The minimum absolute atomic E-state index is 0.0392. The monoisotopic (exact) mass is 288 g/mol. The average molecular weight is 289 g/mol. The van der Waals surface area contributed by atoms with Crippen LogP contribution in [0.1, 0.15) is 37.9 Å². The molecule has 0 saturated carbocycles. The van der Waals surface area contributed by atoms with Crippen molar-refractivity contribution in [1.82, 2.24) is 10.5 Å². The molecule has 0 aromatic carbocycles. The van der Waals surface area contributed by atoms with Gasteiger partial charge in [0, 0.05) is 25.1 Å². The maximum Gasteiger partial charge on any atom is 0.229 e. The number of hydrogen-bond acceptors (Lipinski definition) is 4. The van der Waals surface area contributed by atoms with Crippen molar-refractivity contribution < 1.29 is 14.4 Å². The molecule has 19 heavy (non-hydrogen) atoms. The second-order valence-corrected chi connectivity index (χ2v) is 5.78. The molecule has 108 valence electrons. The Labute approximate surface area is 118 Å². The summed E-state index contributed by atoms with van der Waals surface area (Å²) in [5.74, 6) is -0.0392. The van der Waals surface area contributed by atoms with E-state index in [2.05, 4.69) is 10.5 Å². The molecule has 6 heteroatoms. The highest BCUT2D eigenvalue weighted by Crippen LogP contribution is 2.21. The van der Waals surface area contributed by atoms with Gasteiger partial charge in [-0.15, -0.1) is 0 Å². The molecule has 0 saturated heterocycles. The first-order chi connectivity index (χ1) is 8.85. The second kappa shape index (κ2) is 6.91. The minimum atomic E-state index is -0.102. The van der Waals surface area contributed by atoms with Gasteiger partial charge in [-0.1, -0.05) is 19.0 Å². The molecule has 1 aromatic heterocycles. The van der Waals surface area contributed by atoms with E-state index in [-0.39, 0.29) is 23.1 Å². The molecule has 0 spiro atoms. The van der Waals surface area contributed by atoms with Crippen molar-refractivity contribution in [1.29, 1.82) is 0 Å². The number of aromatic nitrogens is 1. The molecule has 0 aliphatic heterocycles. The van der Waals surface area contributed by atoms with Gasteiger partial charge >= 0.3 is 0 Å². The second-order valence-electron chi connectivity index (χ2n) is 5.43. The highest BCUT2D eigenvalue weighted by atomic mass is 35.5. The summed E-state index contributed by atoms with van der Waals surface area (Å²) in [5.41, 5.74) is 1.40. The van der Waals surface area contributed by atoms with Crippen LogP contribution in [0.3, 0.4) is 0 Å². The standard InChI is InChI=1S/C13H21ClN2O3/c1-9-10(12(14)19-16-9)4-5-11(18)15-8-13(2,3)6-7-17/h17H,4-8H2,1-3H3,(H,15,18). The van der Waals surface area contributed by atoms with E-state index in [9.17, 15) is 4.79 Å². The quantitative estimate of drug-likeness (QED) is 0.805. The van der Waals surface area contributed by atoms with Gasteiger partial charge in [-0.05, 0) is 36.8 Å². The smallest absolute Gasteiger partial charge is 0.229 e. The van der Waals surface area contributed by atoms with Gasteiger partial charge in [0.25, 0.3) is 0 Å². The minimum Gasteiger partial charge on any atom is -0.396 e. The zero-order chi connectivity index (χ0) is 14.5. The Morgan fingerprint density at radius 2 is 2.21 bits per heavy atom. The van der Waals surface area contributed by atoms with Crippen LogP contribution in [0.15, 0.2) is 4.52 Å². The third-order valence-electron chi connectivity index (χ3n) is 3.09. The topological polar surface area (TPSA) is 75.4 Å². The molecule has 1 amide bonds. The van der Waals surface area contributed by atoms with Crippen molar-refractivity contribution in [2.45, 2.75) is 40.0 Å². The SMILES string of the molecule is Cc1noc(Cl)c1CCC(=O)NCC(C)(C)CCO. The largest absolute Gasteiger partial charge is 0.396 e. The highest BCUT2D eigenvalue weighted by molar-refractivity contribution is 6.29. The van der Waals surface area contributed by atoms with Gasteiger partial charge in [-0.25, -0.2) is 0 Å². The number of nitrogens with one attached hydrogen (secondary N) is 1. The van der Waals surface area contributed by atoms with Crippen LogP contribution in [0.5, 0.6) is 0 Å². The summed E-state index contributed by atoms with van der Waals surface area (Å²) in [4.78, 5) is 11.7. The molecular formula is C13H21ClN2O3. The summed E-state index contributed by atoms with van der Waals surface area (Å²) in [7, 11) is 0. The molecule has 0 fully saturated rings. The predicted octanol–water partition coefficient (Wildman–Crippen LogP) is 2.09. The van der Waals surface area contributed by atoms with Crippen molar-refractivity contribution in [2.24, 2.45) is 5.41 Å². The highest BCUT2D eigenvalue weighted by Gasteiger charge is 2.18. The number of nitrogens with zero attached hydrogens (tertiary/aromatic N) is 1. The van der Waals surface area contributed by atoms with Gasteiger partial charge in [-0.3, -0.25) is 4.79 Å². The molecule has 0 unspecified atom stereocenters. The molecule has 1 heterocycles. The van der Waals surface area contributed by atoms with Gasteiger partial charge in [-0.2, -0.15) is 0 Å². The van der Waals surface area contributed by atoms with Crippen LogP contribution < -0.4 is 5.32 Å². The fourth-order valence-corrected chi connectivity index (χ4v) is 1.96. The Bertz CT molecular complexity index is 410. The van der Waals surface area contributed by atoms with Crippen LogP contribution in [0, 0.1) is 12.3 Å². The lowest BCUT2D eigenvalue weighted by atomic mass is 9.90. The number of carbonyl (C=O) groups excluding carboxylic acids is 1. The Balaban J connectivity index is 2.37. The molecule has 0 bridgehead atoms. The number of aliphatic hydroxyl groups is 1. The number of hydrogen-bond donors (Lipinski definition) is 2. The van der Waals surface area contributed by atoms with Gasteiger partial charge in [0.2, 0.25) is 11.1 Å². The number of aryl methyl sites for hydroxylation is 1. The molecule has 0 aliphatic rings. The lowest BCUT2D eigenvalue weighted by Gasteiger charge is -2.23. The van der Waals surface area contributed by atoms with Crippen LogP contribution in [0.25, 0.3) is 0 Å². The van der Waals surface area contributed by atoms with Crippen LogP contribution in [-0.4, -0.2) is 29.3 Å². The average Bonchev–Trinajstić information content (AvgIpc) is 2.64. The fraction of sp³-hybridized carbons (Fsp3) is 0.692. The summed E-state index contributed by atoms with van der Waals surface area (Å²) >= 11 is 5.83. The van der Waals surface area contributed by atoms with Crippen molar-refractivity contribution in [3.8, 4) is 0 Å². The maximum absolute atomic E-state index is 11.7. The number of carbonyl (C=O) groups is 1. The van der Waals surface area contributed by atoms with Crippen molar-refractivity contribution in [2.75, 3.05) is 13.2 Å². The Hall–Kier alpha value is -1.07. The maximum atomic E-state index is 11.7. The van der Waals surface area contributed by atoms with E-state index in [1.54, 1.807) is 6.92 Å². The van der Waals surface area contributed by atoms with Crippen molar-refractivity contribution in [3.05, 3.63) is 16.5 Å². The van der Waals surface area contributed by atoms with Gasteiger partial charge in [0.05, 0.1) is 5.69 Å². The zero-order valence-corrected chi connectivity index (χ0v) is 12.4. The summed E-state index contributed by atoms with van der Waals surface area (Å²) in [6.45, 7) is 6.48. The number of halogens is 1. The molecular weight excluding hydrogens is 268 g/mol. The number of rotatable bonds is 7. The molecule has 5 nitrogen and oxygen atoms in total.